The molecule has 1 fully saturated rings. The molecule has 1 aliphatic heterocycles. The van der Waals surface area contributed by atoms with Crippen LogP contribution in [0.3, 0.4) is 0 Å². The van der Waals surface area contributed by atoms with E-state index in [9.17, 15) is 24.0 Å². The lowest BCUT2D eigenvalue weighted by molar-refractivity contribution is -0.149. The molecule has 0 N–H and O–H groups in total. The standard InChI is InChI=1S/C26H35BrN2O7/c1-16(2)19(13-23(32)35-6)24(33)29-15-28(25(34)36-26(3,4)5)14-20(29)22(31)12-11-21(30)17-7-9-18(27)10-8-17/h7-10,16,19-20H,11-15H2,1-6H3/t19-,20-/m0/s1. The zero-order chi connectivity index (χ0) is 27.2. The van der Waals surface area contributed by atoms with Crippen LogP contribution < -0.4 is 0 Å². The first-order valence-corrected chi connectivity index (χ1v) is 12.7. The van der Waals surface area contributed by atoms with Crippen molar-refractivity contribution in [2.75, 3.05) is 20.3 Å². The molecular formula is C26H35BrN2O7. The highest BCUT2D eigenvalue weighted by Crippen LogP contribution is 2.26. The Labute approximate surface area is 220 Å². The van der Waals surface area contributed by atoms with Gasteiger partial charge in [0.15, 0.2) is 11.6 Å². The molecule has 36 heavy (non-hydrogen) atoms. The van der Waals surface area contributed by atoms with E-state index in [1.54, 1.807) is 58.9 Å². The molecule has 0 unspecified atom stereocenters. The number of carbonyl (C=O) groups excluding carboxylic acids is 5. The number of hydrogen-bond donors (Lipinski definition) is 0. The predicted octanol–water partition coefficient (Wildman–Crippen LogP) is 4.22. The molecule has 0 aromatic heterocycles. The van der Waals surface area contributed by atoms with Crippen molar-refractivity contribution in [1.82, 2.24) is 9.80 Å². The number of rotatable bonds is 9. The van der Waals surface area contributed by atoms with E-state index < -0.39 is 35.5 Å². The molecule has 2 amide bonds. The van der Waals surface area contributed by atoms with Gasteiger partial charge in [-0.05, 0) is 38.8 Å². The van der Waals surface area contributed by atoms with E-state index in [2.05, 4.69) is 15.9 Å². The van der Waals surface area contributed by atoms with Gasteiger partial charge in [0.05, 0.1) is 32.7 Å². The Morgan fingerprint density at radius 3 is 2.19 bits per heavy atom. The molecule has 10 heteroatoms. The summed E-state index contributed by atoms with van der Waals surface area (Å²) in [6.45, 7) is 8.61. The molecule has 0 spiro atoms. The van der Waals surface area contributed by atoms with Gasteiger partial charge in [-0.25, -0.2) is 4.79 Å². The van der Waals surface area contributed by atoms with E-state index in [0.717, 1.165) is 4.47 Å². The van der Waals surface area contributed by atoms with Crippen LogP contribution in [-0.4, -0.2) is 71.3 Å². The van der Waals surface area contributed by atoms with Crippen LogP contribution >= 0.6 is 15.9 Å². The van der Waals surface area contributed by atoms with E-state index in [1.165, 1.54) is 16.9 Å². The van der Waals surface area contributed by atoms with Gasteiger partial charge in [0.1, 0.15) is 11.6 Å². The molecule has 0 radical (unpaired) electrons. The number of ketones is 2. The first kappa shape index (κ1) is 29.5. The summed E-state index contributed by atoms with van der Waals surface area (Å²) < 4.78 is 11.0. The number of ether oxygens (including phenoxy) is 2. The average molecular weight is 567 g/mol. The number of benzene rings is 1. The summed E-state index contributed by atoms with van der Waals surface area (Å²) in [4.78, 5) is 66.6. The summed E-state index contributed by atoms with van der Waals surface area (Å²) >= 11 is 3.32. The summed E-state index contributed by atoms with van der Waals surface area (Å²) in [5.74, 6) is -2.41. The molecule has 1 saturated heterocycles. The zero-order valence-corrected chi connectivity index (χ0v) is 23.3. The second kappa shape index (κ2) is 12.5. The van der Waals surface area contributed by atoms with Crippen molar-refractivity contribution in [3.8, 4) is 0 Å². The number of carbonyl (C=O) groups is 5. The van der Waals surface area contributed by atoms with Crippen LogP contribution in [0, 0.1) is 11.8 Å². The zero-order valence-electron chi connectivity index (χ0n) is 21.7. The van der Waals surface area contributed by atoms with Gasteiger partial charge in [0.2, 0.25) is 5.91 Å². The van der Waals surface area contributed by atoms with Crippen molar-refractivity contribution in [2.45, 2.75) is 65.5 Å². The van der Waals surface area contributed by atoms with Crippen molar-refractivity contribution in [2.24, 2.45) is 11.8 Å². The maximum absolute atomic E-state index is 13.5. The normalized spacial score (nSPS) is 16.6. The van der Waals surface area contributed by atoms with E-state index in [1.807, 2.05) is 0 Å². The average Bonchev–Trinajstić information content (AvgIpc) is 3.25. The molecule has 1 heterocycles. The number of halogens is 1. The minimum atomic E-state index is -0.943. The molecule has 1 aromatic rings. The van der Waals surface area contributed by atoms with Gasteiger partial charge in [0.25, 0.3) is 0 Å². The molecule has 0 aliphatic carbocycles. The number of hydrogen-bond acceptors (Lipinski definition) is 7. The summed E-state index contributed by atoms with van der Waals surface area (Å²) in [5, 5.41) is 0. The van der Waals surface area contributed by atoms with Gasteiger partial charge in [0, 0.05) is 22.9 Å². The fourth-order valence-electron chi connectivity index (χ4n) is 3.87. The monoisotopic (exact) mass is 566 g/mol. The Morgan fingerprint density at radius 2 is 1.67 bits per heavy atom. The van der Waals surface area contributed by atoms with Crippen molar-refractivity contribution in [1.29, 1.82) is 0 Å². The van der Waals surface area contributed by atoms with Crippen LogP contribution in [0.5, 0.6) is 0 Å². The lowest BCUT2D eigenvalue weighted by Crippen LogP contribution is -2.46. The van der Waals surface area contributed by atoms with Crippen molar-refractivity contribution < 1.29 is 33.4 Å². The van der Waals surface area contributed by atoms with E-state index in [0.29, 0.717) is 5.56 Å². The lowest BCUT2D eigenvalue weighted by atomic mass is 9.90. The van der Waals surface area contributed by atoms with Gasteiger partial charge in [-0.2, -0.15) is 0 Å². The van der Waals surface area contributed by atoms with Gasteiger partial charge in [-0.3, -0.25) is 24.1 Å². The second-order valence-corrected chi connectivity index (χ2v) is 11.1. The Balaban J connectivity index is 2.22. The Kier molecular flexibility index (Phi) is 10.2. The Bertz CT molecular complexity index is 985. The molecule has 9 nitrogen and oxygen atoms in total. The van der Waals surface area contributed by atoms with Crippen LogP contribution in [0.15, 0.2) is 28.7 Å². The summed E-state index contributed by atoms with van der Waals surface area (Å²) in [6.07, 6.45) is -0.898. The molecule has 2 atom stereocenters. The third kappa shape index (κ3) is 8.15. The lowest BCUT2D eigenvalue weighted by Gasteiger charge is -2.29. The second-order valence-electron chi connectivity index (χ2n) is 10.2. The summed E-state index contributed by atoms with van der Waals surface area (Å²) in [7, 11) is 1.25. The number of methoxy groups -OCH3 is 1. The molecule has 1 aromatic carbocycles. The third-order valence-corrected chi connectivity index (χ3v) is 6.43. The predicted molar refractivity (Wildman–Crippen MR) is 136 cm³/mol. The third-order valence-electron chi connectivity index (χ3n) is 5.90. The SMILES string of the molecule is COC(=O)C[C@H](C(=O)N1CN(C(=O)OC(C)(C)C)C[C@H]1C(=O)CCC(=O)c1ccc(Br)cc1)C(C)C. The van der Waals surface area contributed by atoms with E-state index in [4.69, 9.17) is 9.47 Å². The maximum Gasteiger partial charge on any atom is 0.411 e. The van der Waals surface area contributed by atoms with Gasteiger partial charge < -0.3 is 14.4 Å². The van der Waals surface area contributed by atoms with E-state index in [-0.39, 0.29) is 50.0 Å². The number of amides is 2. The van der Waals surface area contributed by atoms with Crippen molar-refractivity contribution in [3.05, 3.63) is 34.3 Å². The van der Waals surface area contributed by atoms with Gasteiger partial charge >= 0.3 is 12.1 Å². The van der Waals surface area contributed by atoms with Crippen molar-refractivity contribution >= 4 is 45.5 Å². The highest BCUT2D eigenvalue weighted by atomic mass is 79.9. The number of Topliss-reactive ketones (excluding diaryl/α,β-unsaturated/α-hetero) is 2. The number of nitrogens with zero attached hydrogens (tertiary/aromatic N) is 2. The van der Waals surface area contributed by atoms with Crippen LogP contribution in [0.25, 0.3) is 0 Å². The maximum atomic E-state index is 13.5. The smallest absolute Gasteiger partial charge is 0.411 e. The van der Waals surface area contributed by atoms with Gasteiger partial charge in [-0.1, -0.05) is 41.9 Å². The topological polar surface area (TPSA) is 110 Å². The fourth-order valence-corrected chi connectivity index (χ4v) is 4.14. The first-order chi connectivity index (χ1) is 16.7. The molecule has 1 aliphatic rings. The van der Waals surface area contributed by atoms with Crippen LogP contribution in [0.2, 0.25) is 0 Å². The quantitative estimate of drug-likeness (QED) is 0.325. The Hall–Kier alpha value is -2.75. The first-order valence-electron chi connectivity index (χ1n) is 11.9. The van der Waals surface area contributed by atoms with Gasteiger partial charge in [-0.15, -0.1) is 0 Å². The Morgan fingerprint density at radius 1 is 1.06 bits per heavy atom. The fraction of sp³-hybridized carbons (Fsp3) is 0.577. The molecule has 0 saturated carbocycles. The number of esters is 1. The summed E-state index contributed by atoms with van der Waals surface area (Å²) in [6, 6.07) is 5.90. The van der Waals surface area contributed by atoms with Crippen LogP contribution in [0.4, 0.5) is 4.79 Å². The van der Waals surface area contributed by atoms with Crippen LogP contribution in [-0.2, 0) is 23.9 Å². The largest absolute Gasteiger partial charge is 0.469 e. The highest BCUT2D eigenvalue weighted by molar-refractivity contribution is 9.10. The minimum Gasteiger partial charge on any atom is -0.469 e. The van der Waals surface area contributed by atoms with E-state index >= 15 is 0 Å². The molecule has 0 bridgehead atoms. The van der Waals surface area contributed by atoms with Crippen molar-refractivity contribution in [3.63, 3.8) is 0 Å². The molecular weight excluding hydrogens is 532 g/mol. The van der Waals surface area contributed by atoms with Crippen LogP contribution in [0.1, 0.15) is 64.2 Å². The molecule has 198 valence electrons. The summed E-state index contributed by atoms with van der Waals surface area (Å²) in [5.41, 5.74) is -0.269. The minimum absolute atomic E-state index is 0.0266. The highest BCUT2D eigenvalue weighted by Gasteiger charge is 2.44. The molecule has 2 rings (SSSR count).